The fraction of sp³-hybridized carbons (Fsp3) is 0.462. The molecule has 0 aliphatic carbocycles. The van der Waals surface area contributed by atoms with Crippen LogP contribution >= 0.6 is 0 Å². The first-order valence-electron chi connectivity index (χ1n) is 6.38. The summed E-state index contributed by atoms with van der Waals surface area (Å²) in [7, 11) is -1.62. The molecule has 1 aromatic carbocycles. The number of rotatable bonds is 6. The van der Waals surface area contributed by atoms with E-state index >= 15 is 0 Å². The van der Waals surface area contributed by atoms with Gasteiger partial charge in [0.2, 0.25) is 5.91 Å². The molecule has 0 bridgehead atoms. The van der Waals surface area contributed by atoms with E-state index in [2.05, 4.69) is 5.32 Å². The fourth-order valence-corrected chi connectivity index (χ4v) is 1.68. The number of carbonyl (C=O) groups is 1. The van der Waals surface area contributed by atoms with E-state index in [0.717, 1.165) is 5.56 Å². The maximum atomic E-state index is 11.8. The highest BCUT2D eigenvalue weighted by Gasteiger charge is 2.28. The van der Waals surface area contributed by atoms with Crippen molar-refractivity contribution in [1.29, 1.82) is 0 Å². The van der Waals surface area contributed by atoms with Crippen molar-refractivity contribution in [1.82, 2.24) is 5.32 Å². The highest BCUT2D eigenvalue weighted by Crippen LogP contribution is 2.05. The van der Waals surface area contributed by atoms with Crippen molar-refractivity contribution in [3.63, 3.8) is 0 Å². The molecule has 0 unspecified atom stereocenters. The Morgan fingerprint density at radius 2 is 1.89 bits per heavy atom. The van der Waals surface area contributed by atoms with E-state index in [-0.39, 0.29) is 11.8 Å². The number of hydrogen-bond donors (Lipinski definition) is 4. The zero-order valence-electron chi connectivity index (χ0n) is 11.3. The van der Waals surface area contributed by atoms with E-state index in [4.69, 9.17) is 5.73 Å². The molecule has 0 spiro atoms. The number of amides is 1. The third-order valence-corrected chi connectivity index (χ3v) is 3.01. The van der Waals surface area contributed by atoms with E-state index in [0.29, 0.717) is 6.42 Å². The van der Waals surface area contributed by atoms with Crippen molar-refractivity contribution >= 4 is 13.0 Å². The molecule has 0 aliphatic heterocycles. The second-order valence-electron chi connectivity index (χ2n) is 4.99. The van der Waals surface area contributed by atoms with Gasteiger partial charge < -0.3 is 21.1 Å². The van der Waals surface area contributed by atoms with Crippen LogP contribution in [-0.4, -0.2) is 35.1 Å². The van der Waals surface area contributed by atoms with Gasteiger partial charge >= 0.3 is 7.12 Å². The molecule has 5 N–H and O–H groups in total. The van der Waals surface area contributed by atoms with Gasteiger partial charge in [0.05, 0.1) is 12.0 Å². The maximum absolute atomic E-state index is 11.8. The topological polar surface area (TPSA) is 95.6 Å². The average molecular weight is 264 g/mol. The van der Waals surface area contributed by atoms with Gasteiger partial charge in [-0.05, 0) is 17.9 Å². The zero-order chi connectivity index (χ0) is 14.4. The Kier molecular flexibility index (Phi) is 6.01. The Balaban J connectivity index is 2.66. The van der Waals surface area contributed by atoms with Crippen LogP contribution in [0, 0.1) is 5.92 Å². The van der Waals surface area contributed by atoms with Gasteiger partial charge in [0.25, 0.3) is 0 Å². The Labute approximate surface area is 114 Å². The van der Waals surface area contributed by atoms with Crippen molar-refractivity contribution in [2.75, 3.05) is 0 Å². The van der Waals surface area contributed by atoms with Gasteiger partial charge in [-0.25, -0.2) is 0 Å². The largest absolute Gasteiger partial charge is 0.475 e. The Hall–Kier alpha value is -1.37. The zero-order valence-corrected chi connectivity index (χ0v) is 11.3. The molecule has 0 saturated heterocycles. The monoisotopic (exact) mass is 264 g/mol. The van der Waals surface area contributed by atoms with Gasteiger partial charge in [-0.1, -0.05) is 44.2 Å². The summed E-state index contributed by atoms with van der Waals surface area (Å²) >= 11 is 0. The molecule has 19 heavy (non-hydrogen) atoms. The fourth-order valence-electron chi connectivity index (χ4n) is 1.68. The first-order valence-corrected chi connectivity index (χ1v) is 6.38. The molecule has 5 nitrogen and oxygen atoms in total. The van der Waals surface area contributed by atoms with Crippen LogP contribution in [0.15, 0.2) is 30.3 Å². The average Bonchev–Trinajstić information content (AvgIpc) is 2.37. The molecular formula is C13H21BN2O3. The standard InChI is InChI=1S/C13H21BN2O3/c1-9(2)12(15)13(17)16-11(14(18)19)8-10-6-4-3-5-7-10/h3-7,9,11-12,18-19H,8,15H2,1-2H3,(H,16,17)/t11-,12-/m0/s1. The predicted molar refractivity (Wildman–Crippen MR) is 75.1 cm³/mol. The number of benzene rings is 1. The predicted octanol–water partition coefficient (Wildman–Crippen LogP) is -0.291. The minimum absolute atomic E-state index is 0.00629. The molecule has 0 fully saturated rings. The lowest BCUT2D eigenvalue weighted by Crippen LogP contribution is -2.54. The first kappa shape index (κ1) is 15.7. The molecule has 1 aromatic rings. The van der Waals surface area contributed by atoms with Gasteiger partial charge in [-0.3, -0.25) is 4.79 Å². The van der Waals surface area contributed by atoms with E-state index in [1.54, 1.807) is 0 Å². The summed E-state index contributed by atoms with van der Waals surface area (Å²) in [5.41, 5.74) is 6.64. The molecular weight excluding hydrogens is 243 g/mol. The second-order valence-corrected chi connectivity index (χ2v) is 4.99. The molecule has 0 radical (unpaired) electrons. The summed E-state index contributed by atoms with van der Waals surface area (Å²) in [5.74, 6) is -1.14. The normalized spacial score (nSPS) is 14.0. The van der Waals surface area contributed by atoms with Crippen LogP contribution in [0.4, 0.5) is 0 Å². The highest BCUT2D eigenvalue weighted by molar-refractivity contribution is 6.43. The maximum Gasteiger partial charge on any atom is 0.475 e. The van der Waals surface area contributed by atoms with E-state index < -0.39 is 19.1 Å². The van der Waals surface area contributed by atoms with Crippen molar-refractivity contribution < 1.29 is 14.8 Å². The lowest BCUT2D eigenvalue weighted by molar-refractivity contribution is -0.123. The SMILES string of the molecule is CC(C)[C@H](N)C(=O)N[C@@H](Cc1ccccc1)B(O)O. The molecule has 0 heterocycles. The third kappa shape index (κ3) is 5.02. The van der Waals surface area contributed by atoms with Gasteiger partial charge in [0.15, 0.2) is 0 Å². The van der Waals surface area contributed by atoms with E-state index in [9.17, 15) is 14.8 Å². The van der Waals surface area contributed by atoms with E-state index in [1.807, 2.05) is 44.2 Å². The molecule has 2 atom stereocenters. The van der Waals surface area contributed by atoms with Gasteiger partial charge in [-0.2, -0.15) is 0 Å². The summed E-state index contributed by atoms with van der Waals surface area (Å²) in [5, 5.41) is 21.3. The van der Waals surface area contributed by atoms with Gasteiger partial charge in [0.1, 0.15) is 0 Å². The summed E-state index contributed by atoms with van der Waals surface area (Å²) in [6.07, 6.45) is 0.342. The number of nitrogens with one attached hydrogen (secondary N) is 1. The number of nitrogens with two attached hydrogens (primary N) is 1. The first-order chi connectivity index (χ1) is 8.91. The van der Waals surface area contributed by atoms with Crippen molar-refractivity contribution in [2.45, 2.75) is 32.3 Å². The molecule has 104 valence electrons. The number of hydrogen-bond acceptors (Lipinski definition) is 4. The quantitative estimate of drug-likeness (QED) is 0.531. The van der Waals surface area contributed by atoms with Gasteiger partial charge in [-0.15, -0.1) is 0 Å². The summed E-state index contributed by atoms with van der Waals surface area (Å²) < 4.78 is 0. The molecule has 6 heteroatoms. The minimum atomic E-state index is -1.62. The highest BCUT2D eigenvalue weighted by atomic mass is 16.4. The van der Waals surface area contributed by atoms with Crippen molar-refractivity contribution in [3.8, 4) is 0 Å². The second kappa shape index (κ2) is 7.28. The molecule has 0 aromatic heterocycles. The molecule has 1 amide bonds. The minimum Gasteiger partial charge on any atom is -0.426 e. The lowest BCUT2D eigenvalue weighted by atomic mass is 9.75. The van der Waals surface area contributed by atoms with Crippen molar-refractivity contribution in [3.05, 3.63) is 35.9 Å². The van der Waals surface area contributed by atoms with Gasteiger partial charge in [0, 0.05) is 0 Å². The van der Waals surface area contributed by atoms with Crippen LogP contribution in [0.25, 0.3) is 0 Å². The number of carbonyl (C=O) groups excluding carboxylic acids is 1. The molecule has 0 aliphatic rings. The van der Waals surface area contributed by atoms with Crippen LogP contribution in [-0.2, 0) is 11.2 Å². The third-order valence-electron chi connectivity index (χ3n) is 3.01. The summed E-state index contributed by atoms with van der Waals surface area (Å²) in [4.78, 5) is 11.8. The van der Waals surface area contributed by atoms with Crippen LogP contribution in [0.3, 0.4) is 0 Å². The van der Waals surface area contributed by atoms with Crippen molar-refractivity contribution in [2.24, 2.45) is 11.7 Å². The summed E-state index contributed by atoms with van der Waals surface area (Å²) in [6, 6.07) is 8.67. The van der Waals surface area contributed by atoms with E-state index in [1.165, 1.54) is 0 Å². The lowest BCUT2D eigenvalue weighted by Gasteiger charge is -2.22. The van der Waals surface area contributed by atoms with Crippen LogP contribution in [0.1, 0.15) is 19.4 Å². The Bertz CT molecular complexity index is 398. The van der Waals surface area contributed by atoms with Crippen LogP contribution < -0.4 is 11.1 Å². The summed E-state index contributed by atoms with van der Waals surface area (Å²) in [6.45, 7) is 3.68. The Morgan fingerprint density at radius 3 is 2.37 bits per heavy atom. The molecule has 0 saturated carbocycles. The smallest absolute Gasteiger partial charge is 0.426 e. The van der Waals surface area contributed by atoms with Crippen LogP contribution in [0.5, 0.6) is 0 Å². The Morgan fingerprint density at radius 1 is 1.32 bits per heavy atom. The van der Waals surface area contributed by atoms with Crippen LogP contribution in [0.2, 0.25) is 0 Å². The molecule has 1 rings (SSSR count).